The predicted molar refractivity (Wildman–Crippen MR) is 98.9 cm³/mol. The fourth-order valence-electron chi connectivity index (χ4n) is 3.19. The molecule has 0 radical (unpaired) electrons. The topological polar surface area (TPSA) is 52.5 Å². The third-order valence-electron chi connectivity index (χ3n) is 4.52. The van der Waals surface area contributed by atoms with Crippen LogP contribution < -0.4 is 10.1 Å². The number of carbonyl (C=O) groups excluding carboxylic acids is 1. The summed E-state index contributed by atoms with van der Waals surface area (Å²) in [7, 11) is 4.97. The van der Waals surface area contributed by atoms with E-state index >= 15 is 0 Å². The van der Waals surface area contributed by atoms with Crippen LogP contribution in [-0.2, 0) is 22.1 Å². The SMILES string of the molecule is COC(=O)[C@](C)(Nc1ccccc1OC)c1cn(C)c2ccccc12. The first-order valence-electron chi connectivity index (χ1n) is 8.05. The van der Waals surface area contributed by atoms with E-state index in [1.54, 1.807) is 7.11 Å². The summed E-state index contributed by atoms with van der Waals surface area (Å²) in [6, 6.07) is 15.5. The zero-order valence-electron chi connectivity index (χ0n) is 14.9. The second kappa shape index (κ2) is 6.51. The van der Waals surface area contributed by atoms with Gasteiger partial charge in [0.25, 0.3) is 0 Å². The number of aryl methyl sites for hydroxylation is 1. The molecule has 0 saturated heterocycles. The maximum atomic E-state index is 12.8. The molecule has 0 aliphatic carbocycles. The summed E-state index contributed by atoms with van der Waals surface area (Å²) in [6.45, 7) is 1.83. The van der Waals surface area contributed by atoms with E-state index in [9.17, 15) is 4.79 Å². The van der Waals surface area contributed by atoms with Gasteiger partial charge in [0.2, 0.25) is 0 Å². The molecule has 3 aromatic rings. The smallest absolute Gasteiger partial charge is 0.336 e. The van der Waals surface area contributed by atoms with Crippen molar-refractivity contribution in [2.24, 2.45) is 7.05 Å². The minimum Gasteiger partial charge on any atom is -0.495 e. The van der Waals surface area contributed by atoms with Crippen LogP contribution in [0, 0.1) is 0 Å². The summed E-state index contributed by atoms with van der Waals surface area (Å²) < 4.78 is 12.5. The number of anilines is 1. The lowest BCUT2D eigenvalue weighted by molar-refractivity contribution is -0.145. The lowest BCUT2D eigenvalue weighted by Crippen LogP contribution is -2.41. The van der Waals surface area contributed by atoms with Gasteiger partial charge in [-0.15, -0.1) is 0 Å². The van der Waals surface area contributed by atoms with Gasteiger partial charge in [0.1, 0.15) is 5.75 Å². The number of ether oxygens (including phenoxy) is 2. The molecule has 5 heteroatoms. The Morgan fingerprint density at radius 1 is 1.08 bits per heavy atom. The quantitative estimate of drug-likeness (QED) is 0.721. The van der Waals surface area contributed by atoms with Crippen LogP contribution in [0.15, 0.2) is 54.7 Å². The number of methoxy groups -OCH3 is 2. The molecule has 3 rings (SSSR count). The molecule has 5 nitrogen and oxygen atoms in total. The van der Waals surface area contributed by atoms with Gasteiger partial charge in [0.15, 0.2) is 5.54 Å². The lowest BCUT2D eigenvalue weighted by Gasteiger charge is -2.29. The minimum absolute atomic E-state index is 0.366. The fourth-order valence-corrected chi connectivity index (χ4v) is 3.19. The molecule has 1 heterocycles. The number of benzene rings is 2. The maximum Gasteiger partial charge on any atom is 0.336 e. The largest absolute Gasteiger partial charge is 0.495 e. The lowest BCUT2D eigenvalue weighted by atomic mass is 9.91. The Bertz CT molecular complexity index is 916. The molecule has 0 bridgehead atoms. The highest BCUT2D eigenvalue weighted by atomic mass is 16.5. The van der Waals surface area contributed by atoms with Crippen LogP contribution in [0.25, 0.3) is 10.9 Å². The first kappa shape index (κ1) is 16.9. The number of esters is 1. The molecule has 0 fully saturated rings. The van der Waals surface area contributed by atoms with Gasteiger partial charge in [-0.2, -0.15) is 0 Å². The van der Waals surface area contributed by atoms with E-state index in [1.165, 1.54) is 7.11 Å². The van der Waals surface area contributed by atoms with Gasteiger partial charge >= 0.3 is 5.97 Å². The van der Waals surface area contributed by atoms with E-state index in [0.29, 0.717) is 5.75 Å². The zero-order valence-corrected chi connectivity index (χ0v) is 14.9. The summed E-state index contributed by atoms with van der Waals surface area (Å²) in [4.78, 5) is 12.8. The van der Waals surface area contributed by atoms with Crippen molar-refractivity contribution in [2.75, 3.05) is 19.5 Å². The molecular weight excluding hydrogens is 316 g/mol. The monoisotopic (exact) mass is 338 g/mol. The van der Waals surface area contributed by atoms with Crippen molar-refractivity contribution in [3.63, 3.8) is 0 Å². The average Bonchev–Trinajstić information content (AvgIpc) is 2.99. The molecule has 0 saturated carbocycles. The summed E-state index contributed by atoms with van der Waals surface area (Å²) in [5.74, 6) is 0.299. The maximum absolute atomic E-state index is 12.8. The zero-order chi connectivity index (χ0) is 18.0. The van der Waals surface area contributed by atoms with Gasteiger partial charge in [-0.25, -0.2) is 4.79 Å². The van der Waals surface area contributed by atoms with Crippen molar-refractivity contribution < 1.29 is 14.3 Å². The summed E-state index contributed by atoms with van der Waals surface area (Å²) in [5, 5.41) is 4.33. The van der Waals surface area contributed by atoms with E-state index in [2.05, 4.69) is 5.32 Å². The Kier molecular flexibility index (Phi) is 4.40. The highest BCUT2D eigenvalue weighted by Crippen LogP contribution is 2.36. The van der Waals surface area contributed by atoms with Gasteiger partial charge in [0, 0.05) is 29.7 Å². The van der Waals surface area contributed by atoms with E-state index in [4.69, 9.17) is 9.47 Å². The third kappa shape index (κ3) is 2.82. The van der Waals surface area contributed by atoms with Crippen molar-refractivity contribution in [2.45, 2.75) is 12.5 Å². The van der Waals surface area contributed by atoms with Crippen molar-refractivity contribution in [3.05, 3.63) is 60.3 Å². The Morgan fingerprint density at radius 2 is 1.76 bits per heavy atom. The normalized spacial score (nSPS) is 13.3. The number of nitrogens with one attached hydrogen (secondary N) is 1. The molecule has 25 heavy (non-hydrogen) atoms. The van der Waals surface area contributed by atoms with E-state index in [0.717, 1.165) is 22.2 Å². The van der Waals surface area contributed by atoms with E-state index < -0.39 is 5.54 Å². The Morgan fingerprint density at radius 3 is 2.48 bits per heavy atom. The summed E-state index contributed by atoms with van der Waals surface area (Å²) in [5.41, 5.74) is 1.56. The average molecular weight is 338 g/mol. The van der Waals surface area contributed by atoms with Crippen LogP contribution in [0.3, 0.4) is 0 Å². The molecule has 0 aliphatic heterocycles. The summed E-state index contributed by atoms with van der Waals surface area (Å²) >= 11 is 0. The highest BCUT2D eigenvalue weighted by molar-refractivity contribution is 5.94. The molecule has 0 unspecified atom stereocenters. The van der Waals surface area contributed by atoms with E-state index in [1.807, 2.05) is 73.3 Å². The molecule has 130 valence electrons. The van der Waals surface area contributed by atoms with Crippen molar-refractivity contribution >= 4 is 22.6 Å². The van der Waals surface area contributed by atoms with Crippen molar-refractivity contribution in [3.8, 4) is 5.75 Å². The molecule has 1 N–H and O–H groups in total. The predicted octanol–water partition coefficient (Wildman–Crippen LogP) is 3.69. The van der Waals surface area contributed by atoms with Crippen molar-refractivity contribution in [1.82, 2.24) is 4.57 Å². The van der Waals surface area contributed by atoms with Gasteiger partial charge in [-0.3, -0.25) is 0 Å². The molecule has 2 aromatic carbocycles. The van der Waals surface area contributed by atoms with Gasteiger partial charge < -0.3 is 19.4 Å². The second-order valence-corrected chi connectivity index (χ2v) is 6.11. The van der Waals surface area contributed by atoms with Gasteiger partial charge in [0.05, 0.1) is 19.9 Å². The Hall–Kier alpha value is -2.95. The van der Waals surface area contributed by atoms with Gasteiger partial charge in [-0.05, 0) is 25.1 Å². The number of fused-ring (bicyclic) bond motifs is 1. The van der Waals surface area contributed by atoms with Crippen LogP contribution in [0.1, 0.15) is 12.5 Å². The fraction of sp³-hybridized carbons (Fsp3) is 0.250. The molecule has 0 spiro atoms. The number of carbonyl (C=O) groups is 1. The van der Waals surface area contributed by atoms with Crippen LogP contribution in [0.5, 0.6) is 5.75 Å². The third-order valence-corrected chi connectivity index (χ3v) is 4.52. The van der Waals surface area contributed by atoms with Gasteiger partial charge in [-0.1, -0.05) is 30.3 Å². The number of para-hydroxylation sites is 3. The van der Waals surface area contributed by atoms with Crippen LogP contribution in [-0.4, -0.2) is 24.8 Å². The molecule has 1 atom stereocenters. The number of hydrogen-bond acceptors (Lipinski definition) is 4. The highest BCUT2D eigenvalue weighted by Gasteiger charge is 2.39. The molecule has 0 aliphatic rings. The molecular formula is C20H22N2O3. The Balaban J connectivity index is 2.18. The van der Waals surface area contributed by atoms with Crippen molar-refractivity contribution in [1.29, 1.82) is 0 Å². The second-order valence-electron chi connectivity index (χ2n) is 6.11. The standard InChI is InChI=1S/C20H22N2O3/c1-20(19(23)25-4,21-16-10-6-8-12-18(16)24-3)15-13-22(2)17-11-7-5-9-14(15)17/h5-13,21H,1-4H3/t20-/m1/s1. The molecule has 1 aromatic heterocycles. The number of hydrogen-bond donors (Lipinski definition) is 1. The number of nitrogens with zero attached hydrogens (tertiary/aromatic N) is 1. The van der Waals surface area contributed by atoms with Crippen LogP contribution in [0.4, 0.5) is 5.69 Å². The number of aromatic nitrogens is 1. The summed E-state index contributed by atoms with van der Waals surface area (Å²) in [6.07, 6.45) is 1.96. The Labute approximate surface area is 147 Å². The molecule has 0 amide bonds. The van der Waals surface area contributed by atoms with Crippen LogP contribution in [0.2, 0.25) is 0 Å². The first-order chi connectivity index (χ1) is 12.0. The number of rotatable bonds is 5. The van der Waals surface area contributed by atoms with Crippen LogP contribution >= 0.6 is 0 Å². The van der Waals surface area contributed by atoms with E-state index in [-0.39, 0.29) is 5.97 Å². The minimum atomic E-state index is -1.07. The first-order valence-corrected chi connectivity index (χ1v) is 8.05.